The lowest BCUT2D eigenvalue weighted by molar-refractivity contribution is 0.0807. The fraction of sp³-hybridized carbons (Fsp3) is 0.471. The van der Waals surface area contributed by atoms with Crippen LogP contribution in [0.2, 0.25) is 23.2 Å². The molecule has 210 valence electrons. The van der Waals surface area contributed by atoms with Gasteiger partial charge in [-0.2, -0.15) is 0 Å². The third-order valence-corrected chi connectivity index (χ3v) is 18.8. The van der Waals surface area contributed by atoms with E-state index in [2.05, 4.69) is 134 Å². The summed E-state index contributed by atoms with van der Waals surface area (Å²) < 4.78 is 20.0. The summed E-state index contributed by atoms with van der Waals surface area (Å²) in [5.74, 6) is 0. The largest absolute Gasteiger partial charge is 0.472 e. The first-order valence-electron chi connectivity index (χ1n) is 14.4. The molecule has 2 atom stereocenters. The van der Waals surface area contributed by atoms with Crippen LogP contribution in [0.4, 0.5) is 0 Å². The Kier molecular flexibility index (Phi) is 8.40. The lowest BCUT2D eigenvalue weighted by atomic mass is 9.76. The third-order valence-electron chi connectivity index (χ3n) is 9.29. The van der Waals surface area contributed by atoms with Crippen LogP contribution >= 0.6 is 0 Å². The van der Waals surface area contributed by atoms with Gasteiger partial charge in [0.1, 0.15) is 0 Å². The molecular weight excluding hydrogens is 513 g/mol. The van der Waals surface area contributed by atoms with Crippen molar-refractivity contribution in [2.45, 2.75) is 90.6 Å². The Hall–Kier alpha value is -2.19. The molecule has 4 rings (SSSR count). The van der Waals surface area contributed by atoms with Crippen LogP contribution in [-0.4, -0.2) is 29.3 Å². The number of furan rings is 1. The van der Waals surface area contributed by atoms with Crippen LogP contribution in [0.1, 0.15) is 66.9 Å². The highest BCUT2D eigenvalue weighted by Crippen LogP contribution is 2.51. The van der Waals surface area contributed by atoms with Crippen molar-refractivity contribution in [1.82, 2.24) is 0 Å². The Morgan fingerprint density at radius 3 is 1.87 bits per heavy atom. The standard InChI is InChI=1S/C34H48O3Si2/c1-32(2,3)38(8,9)37-31-21-20-30(27-22-24-35-26-27)34(31,7)23-25-36-39(33(4,5)6,28-16-12-10-13-17-28)29-18-14-11-15-19-29/h10-20,22,24,26,31H,21,23,25H2,1-9H3/t31-,34+/m0/s1. The summed E-state index contributed by atoms with van der Waals surface area (Å²) in [7, 11) is -4.58. The SMILES string of the molecule is CC(C)(C)[Si](C)(C)O[C@H]1CC=C(c2ccoc2)[C@@]1(C)CCO[Si](c1ccccc1)(c1ccccc1)C(C)(C)C. The maximum absolute atomic E-state index is 7.35. The molecule has 5 heteroatoms. The van der Waals surface area contributed by atoms with E-state index in [1.54, 1.807) is 6.26 Å². The van der Waals surface area contributed by atoms with Crippen LogP contribution in [0.15, 0.2) is 89.7 Å². The molecule has 0 unspecified atom stereocenters. The smallest absolute Gasteiger partial charge is 0.261 e. The minimum absolute atomic E-state index is 0.0491. The van der Waals surface area contributed by atoms with Gasteiger partial charge in [-0.05, 0) is 58.0 Å². The fourth-order valence-electron chi connectivity index (χ4n) is 5.94. The zero-order valence-electron chi connectivity index (χ0n) is 25.5. The topological polar surface area (TPSA) is 31.6 Å². The molecule has 0 saturated carbocycles. The molecule has 1 heterocycles. The molecular formula is C34H48O3Si2. The zero-order chi connectivity index (χ0) is 28.5. The molecule has 0 amide bonds. The lowest BCUT2D eigenvalue weighted by Crippen LogP contribution is -2.66. The summed E-state index contributed by atoms with van der Waals surface area (Å²) in [6.45, 7) is 21.8. The first-order valence-corrected chi connectivity index (χ1v) is 19.2. The van der Waals surface area contributed by atoms with Gasteiger partial charge in [-0.1, -0.05) is 115 Å². The van der Waals surface area contributed by atoms with Gasteiger partial charge < -0.3 is 13.3 Å². The molecule has 0 spiro atoms. The monoisotopic (exact) mass is 560 g/mol. The van der Waals surface area contributed by atoms with Gasteiger partial charge in [0.25, 0.3) is 8.32 Å². The first kappa shape index (κ1) is 29.8. The van der Waals surface area contributed by atoms with E-state index in [1.165, 1.54) is 15.9 Å². The van der Waals surface area contributed by atoms with Gasteiger partial charge in [0.15, 0.2) is 8.32 Å². The Labute approximate surface area is 238 Å². The summed E-state index contributed by atoms with van der Waals surface area (Å²) in [4.78, 5) is 0. The average molecular weight is 561 g/mol. The van der Waals surface area contributed by atoms with E-state index in [9.17, 15) is 0 Å². The van der Waals surface area contributed by atoms with Crippen LogP contribution in [0, 0.1) is 5.41 Å². The highest BCUT2D eigenvalue weighted by Gasteiger charge is 2.52. The Bertz CT molecular complexity index is 1200. The van der Waals surface area contributed by atoms with Crippen LogP contribution in [0.3, 0.4) is 0 Å². The molecule has 3 nitrogen and oxygen atoms in total. The van der Waals surface area contributed by atoms with E-state index in [4.69, 9.17) is 13.3 Å². The summed E-state index contributed by atoms with van der Waals surface area (Å²) in [5, 5.41) is 2.74. The fourth-order valence-corrected chi connectivity index (χ4v) is 11.9. The average Bonchev–Trinajstić information content (AvgIpc) is 3.50. The number of hydrogen-bond donors (Lipinski definition) is 0. The van der Waals surface area contributed by atoms with E-state index in [0.29, 0.717) is 6.61 Å². The van der Waals surface area contributed by atoms with Crippen LogP contribution in [0.25, 0.3) is 5.57 Å². The van der Waals surface area contributed by atoms with E-state index in [-0.39, 0.29) is 21.6 Å². The number of rotatable bonds is 9. The van der Waals surface area contributed by atoms with Gasteiger partial charge in [-0.3, -0.25) is 0 Å². The predicted molar refractivity (Wildman–Crippen MR) is 170 cm³/mol. The minimum atomic E-state index is -2.61. The van der Waals surface area contributed by atoms with Gasteiger partial charge >= 0.3 is 0 Å². The minimum Gasteiger partial charge on any atom is -0.472 e. The molecule has 0 aliphatic heterocycles. The highest BCUT2D eigenvalue weighted by atomic mass is 28.4. The van der Waals surface area contributed by atoms with E-state index < -0.39 is 16.6 Å². The van der Waals surface area contributed by atoms with Crippen molar-refractivity contribution in [3.63, 3.8) is 0 Å². The van der Waals surface area contributed by atoms with Crippen molar-refractivity contribution in [3.05, 3.63) is 90.9 Å². The van der Waals surface area contributed by atoms with Crippen molar-refractivity contribution in [2.75, 3.05) is 6.61 Å². The molecule has 1 aliphatic rings. The van der Waals surface area contributed by atoms with Crippen molar-refractivity contribution >= 4 is 32.6 Å². The molecule has 39 heavy (non-hydrogen) atoms. The van der Waals surface area contributed by atoms with Crippen molar-refractivity contribution in [3.8, 4) is 0 Å². The van der Waals surface area contributed by atoms with Crippen LogP contribution < -0.4 is 10.4 Å². The molecule has 1 aliphatic carbocycles. The second-order valence-corrected chi connectivity index (χ2v) is 23.0. The van der Waals surface area contributed by atoms with Crippen LogP contribution in [0.5, 0.6) is 0 Å². The second-order valence-electron chi connectivity index (χ2n) is 13.9. The predicted octanol–water partition coefficient (Wildman–Crippen LogP) is 8.43. The van der Waals surface area contributed by atoms with Gasteiger partial charge in [0.2, 0.25) is 0 Å². The quantitative estimate of drug-likeness (QED) is 0.246. The van der Waals surface area contributed by atoms with Crippen molar-refractivity contribution < 1.29 is 13.3 Å². The Balaban J connectivity index is 1.70. The molecule has 1 aromatic heterocycles. The first-order chi connectivity index (χ1) is 18.2. The number of hydrogen-bond acceptors (Lipinski definition) is 3. The molecule has 0 fully saturated rings. The van der Waals surface area contributed by atoms with E-state index in [0.717, 1.165) is 18.4 Å². The lowest BCUT2D eigenvalue weighted by Gasteiger charge is -2.46. The molecule has 0 bridgehead atoms. The highest BCUT2D eigenvalue weighted by molar-refractivity contribution is 6.99. The summed E-state index contributed by atoms with van der Waals surface area (Å²) in [6.07, 6.45) is 7.95. The maximum atomic E-state index is 7.35. The maximum Gasteiger partial charge on any atom is 0.261 e. The molecule has 0 saturated heterocycles. The molecule has 2 aromatic carbocycles. The van der Waals surface area contributed by atoms with E-state index >= 15 is 0 Å². The van der Waals surface area contributed by atoms with Gasteiger partial charge in [-0.15, -0.1) is 0 Å². The van der Waals surface area contributed by atoms with Gasteiger partial charge in [0.05, 0.1) is 18.6 Å². The van der Waals surface area contributed by atoms with Crippen LogP contribution in [-0.2, 0) is 8.85 Å². The summed E-state index contributed by atoms with van der Waals surface area (Å²) in [6, 6.07) is 23.9. The normalized spacial score (nSPS) is 20.7. The van der Waals surface area contributed by atoms with Crippen molar-refractivity contribution in [1.29, 1.82) is 0 Å². The Morgan fingerprint density at radius 2 is 1.41 bits per heavy atom. The number of benzene rings is 2. The van der Waals surface area contributed by atoms with Crippen molar-refractivity contribution in [2.24, 2.45) is 5.41 Å². The summed E-state index contributed by atoms with van der Waals surface area (Å²) in [5.41, 5.74) is 2.31. The zero-order valence-corrected chi connectivity index (χ0v) is 27.5. The molecule has 0 radical (unpaired) electrons. The second kappa shape index (κ2) is 11.0. The van der Waals surface area contributed by atoms with E-state index in [1.807, 2.05) is 6.26 Å². The summed E-state index contributed by atoms with van der Waals surface area (Å²) >= 11 is 0. The third kappa shape index (κ3) is 5.69. The molecule has 0 N–H and O–H groups in total. The Morgan fingerprint density at radius 1 is 0.846 bits per heavy atom. The van der Waals surface area contributed by atoms with Gasteiger partial charge in [0, 0.05) is 17.6 Å². The molecule has 3 aromatic rings. The van der Waals surface area contributed by atoms with Gasteiger partial charge in [-0.25, -0.2) is 0 Å².